The second kappa shape index (κ2) is 34.0. The van der Waals surface area contributed by atoms with Crippen LogP contribution in [0.2, 0.25) is 0 Å². The molecule has 0 heterocycles. The minimum absolute atomic E-state index is 0. The first-order valence-corrected chi connectivity index (χ1v) is 2.58. The lowest BCUT2D eigenvalue weighted by Crippen LogP contribution is -1.95. The maximum Gasteiger partial charge on any atom is 0.111 e. The van der Waals surface area contributed by atoms with Gasteiger partial charge in [0.2, 0.25) is 0 Å². The number of aliphatic hydroxyl groups is 1. The Bertz CT molecular complexity index is 46.6. The van der Waals surface area contributed by atoms with E-state index in [-0.39, 0.29) is 14.9 Å². The van der Waals surface area contributed by atoms with Crippen LogP contribution in [0, 0.1) is 0 Å². The molecule has 11 heavy (non-hydrogen) atoms. The Labute approximate surface area is 70.6 Å². The van der Waals surface area contributed by atoms with Crippen molar-refractivity contribution in [3.05, 3.63) is 12.8 Å². The summed E-state index contributed by atoms with van der Waals surface area (Å²) in [5, 5.41) is 7.00. The Morgan fingerprint density at radius 3 is 2.00 bits per heavy atom. The highest BCUT2D eigenvalue weighted by molar-refractivity contribution is 4.47. The fraction of sp³-hybridized carbons (Fsp3) is 0.750. The molecule has 0 spiro atoms. The molecule has 0 saturated heterocycles. The SMILES string of the molecule is C.C.C=COCCOC.CO. The number of aliphatic hydroxyl groups excluding tert-OH is 1. The van der Waals surface area contributed by atoms with Crippen LogP contribution in [0.15, 0.2) is 12.8 Å². The molecule has 0 aliphatic heterocycles. The second-order valence-electron chi connectivity index (χ2n) is 1.03. The molecule has 0 fully saturated rings. The summed E-state index contributed by atoms with van der Waals surface area (Å²) in [4.78, 5) is 0. The number of hydrogen-bond acceptors (Lipinski definition) is 3. The van der Waals surface area contributed by atoms with Gasteiger partial charge in [0.25, 0.3) is 0 Å². The summed E-state index contributed by atoms with van der Waals surface area (Å²) in [6.45, 7) is 4.58. The predicted octanol–water partition coefficient (Wildman–Crippen LogP) is 1.67. The molecule has 3 nitrogen and oxygen atoms in total. The van der Waals surface area contributed by atoms with Gasteiger partial charge in [-0.3, -0.25) is 0 Å². The van der Waals surface area contributed by atoms with Gasteiger partial charge < -0.3 is 14.6 Å². The van der Waals surface area contributed by atoms with E-state index in [2.05, 4.69) is 11.3 Å². The molecule has 72 valence electrons. The fourth-order valence-electron chi connectivity index (χ4n) is 0.215. The van der Waals surface area contributed by atoms with E-state index < -0.39 is 0 Å². The molecule has 0 aliphatic carbocycles. The molecule has 0 bridgehead atoms. The first kappa shape index (κ1) is 22.4. The average molecular weight is 166 g/mol. The van der Waals surface area contributed by atoms with E-state index in [9.17, 15) is 0 Å². The van der Waals surface area contributed by atoms with Crippen LogP contribution in [-0.4, -0.2) is 32.5 Å². The first-order valence-electron chi connectivity index (χ1n) is 2.58. The zero-order valence-electron chi connectivity index (χ0n) is 5.96. The van der Waals surface area contributed by atoms with Crippen molar-refractivity contribution in [2.45, 2.75) is 14.9 Å². The van der Waals surface area contributed by atoms with E-state index >= 15 is 0 Å². The van der Waals surface area contributed by atoms with Crippen molar-refractivity contribution in [3.63, 3.8) is 0 Å². The van der Waals surface area contributed by atoms with Crippen LogP contribution in [-0.2, 0) is 9.47 Å². The molecule has 0 unspecified atom stereocenters. The Balaban J connectivity index is -0.0000000564. The van der Waals surface area contributed by atoms with Crippen LogP contribution < -0.4 is 0 Å². The molecular formula is C8H22O3. The summed E-state index contributed by atoms with van der Waals surface area (Å²) in [5.41, 5.74) is 0. The highest BCUT2D eigenvalue weighted by Gasteiger charge is 1.75. The third-order valence-electron chi connectivity index (χ3n) is 0.523. The van der Waals surface area contributed by atoms with Gasteiger partial charge in [0.1, 0.15) is 6.61 Å². The highest BCUT2D eigenvalue weighted by Crippen LogP contribution is 1.72. The molecule has 1 N–H and O–H groups in total. The van der Waals surface area contributed by atoms with Crippen molar-refractivity contribution in [1.82, 2.24) is 0 Å². The van der Waals surface area contributed by atoms with E-state index in [0.717, 1.165) is 7.11 Å². The molecule has 0 aliphatic rings. The van der Waals surface area contributed by atoms with E-state index in [4.69, 9.17) is 9.84 Å². The minimum atomic E-state index is 0. The molecule has 0 rings (SSSR count). The zero-order chi connectivity index (χ0) is 7.54. The molecular weight excluding hydrogens is 144 g/mol. The van der Waals surface area contributed by atoms with Gasteiger partial charge in [-0.25, -0.2) is 0 Å². The standard InChI is InChI=1S/C5H10O2.CH4O.2CH4/c1-3-7-5-4-6-2;1-2;;/h3H,1,4-5H2,2H3;2H,1H3;2*1H4. The maximum absolute atomic E-state index is 7.00. The van der Waals surface area contributed by atoms with Crippen molar-refractivity contribution in [2.75, 3.05) is 27.4 Å². The Hall–Kier alpha value is -0.540. The van der Waals surface area contributed by atoms with Gasteiger partial charge in [0.05, 0.1) is 12.9 Å². The largest absolute Gasteiger partial charge is 0.499 e. The molecule has 0 saturated carbocycles. The summed E-state index contributed by atoms with van der Waals surface area (Å²) >= 11 is 0. The van der Waals surface area contributed by atoms with Gasteiger partial charge in [0.15, 0.2) is 0 Å². The molecule has 0 aromatic rings. The van der Waals surface area contributed by atoms with Gasteiger partial charge in [-0.05, 0) is 0 Å². The number of methoxy groups -OCH3 is 1. The minimum Gasteiger partial charge on any atom is -0.499 e. The van der Waals surface area contributed by atoms with Crippen LogP contribution in [0.3, 0.4) is 0 Å². The van der Waals surface area contributed by atoms with Crippen LogP contribution in [0.25, 0.3) is 0 Å². The molecule has 0 radical (unpaired) electrons. The normalized spacial score (nSPS) is 5.73. The van der Waals surface area contributed by atoms with Crippen molar-refractivity contribution in [3.8, 4) is 0 Å². The average Bonchev–Trinajstić information content (AvgIpc) is 1.94. The van der Waals surface area contributed by atoms with E-state index in [1.54, 1.807) is 7.11 Å². The number of ether oxygens (including phenoxy) is 2. The summed E-state index contributed by atoms with van der Waals surface area (Å²) in [6.07, 6.45) is 1.40. The molecule has 3 heteroatoms. The smallest absolute Gasteiger partial charge is 0.111 e. The maximum atomic E-state index is 7.00. The number of hydrogen-bond donors (Lipinski definition) is 1. The Morgan fingerprint density at radius 2 is 1.73 bits per heavy atom. The second-order valence-corrected chi connectivity index (χ2v) is 1.03. The molecule has 0 atom stereocenters. The van der Waals surface area contributed by atoms with Gasteiger partial charge >= 0.3 is 0 Å². The van der Waals surface area contributed by atoms with Crippen molar-refractivity contribution >= 4 is 0 Å². The topological polar surface area (TPSA) is 38.7 Å². The van der Waals surface area contributed by atoms with E-state index in [1.807, 2.05) is 0 Å². The summed E-state index contributed by atoms with van der Waals surface area (Å²) < 4.78 is 9.38. The fourth-order valence-corrected chi connectivity index (χ4v) is 0.215. The molecule has 0 aromatic carbocycles. The summed E-state index contributed by atoms with van der Waals surface area (Å²) in [5.74, 6) is 0. The Kier molecular flexibility index (Phi) is 69.4. The van der Waals surface area contributed by atoms with Crippen LogP contribution in [0.4, 0.5) is 0 Å². The zero-order valence-corrected chi connectivity index (χ0v) is 5.96. The lowest BCUT2D eigenvalue weighted by Gasteiger charge is -1.95. The van der Waals surface area contributed by atoms with Crippen LogP contribution >= 0.6 is 0 Å². The number of rotatable bonds is 4. The molecule has 0 amide bonds. The van der Waals surface area contributed by atoms with Crippen molar-refractivity contribution in [2.24, 2.45) is 0 Å². The van der Waals surface area contributed by atoms with Crippen LogP contribution in [0.5, 0.6) is 0 Å². The van der Waals surface area contributed by atoms with Gasteiger partial charge in [-0.15, -0.1) is 0 Å². The quantitative estimate of drug-likeness (QED) is 0.510. The van der Waals surface area contributed by atoms with Gasteiger partial charge in [-0.2, -0.15) is 0 Å². The van der Waals surface area contributed by atoms with Gasteiger partial charge in [-0.1, -0.05) is 21.4 Å². The lowest BCUT2D eigenvalue weighted by atomic mass is 10.8. The monoisotopic (exact) mass is 166 g/mol. The van der Waals surface area contributed by atoms with E-state index in [1.165, 1.54) is 6.26 Å². The van der Waals surface area contributed by atoms with Crippen LogP contribution in [0.1, 0.15) is 14.9 Å². The third-order valence-corrected chi connectivity index (χ3v) is 0.523. The van der Waals surface area contributed by atoms with Crippen molar-refractivity contribution < 1.29 is 14.6 Å². The van der Waals surface area contributed by atoms with Gasteiger partial charge in [0, 0.05) is 14.2 Å². The third kappa shape index (κ3) is 44.0. The predicted molar refractivity (Wildman–Crippen MR) is 49.6 cm³/mol. The van der Waals surface area contributed by atoms with Crippen molar-refractivity contribution in [1.29, 1.82) is 0 Å². The highest BCUT2D eigenvalue weighted by atomic mass is 16.5. The summed E-state index contributed by atoms with van der Waals surface area (Å²) in [7, 11) is 2.63. The molecule has 0 aromatic heterocycles. The van der Waals surface area contributed by atoms with E-state index in [0.29, 0.717) is 13.2 Å². The first-order chi connectivity index (χ1) is 4.41. The summed E-state index contributed by atoms with van der Waals surface area (Å²) in [6, 6.07) is 0. The lowest BCUT2D eigenvalue weighted by molar-refractivity contribution is 0.124. The Morgan fingerprint density at radius 1 is 1.27 bits per heavy atom.